The van der Waals surface area contributed by atoms with Crippen molar-refractivity contribution in [1.82, 2.24) is 5.32 Å². The molecule has 9 N–H and O–H groups in total. The third kappa shape index (κ3) is 47.2. The molecule has 0 radical (unpaired) electrons. The molecule has 2 aliphatic heterocycles. The molecule has 93 heavy (non-hydrogen) atoms. The maximum absolute atomic E-state index is 13.4. The van der Waals surface area contributed by atoms with Gasteiger partial charge in [0.15, 0.2) is 12.6 Å². The van der Waals surface area contributed by atoms with E-state index in [9.17, 15) is 45.6 Å². The first kappa shape index (κ1) is 87.6. The first-order chi connectivity index (χ1) is 45.6. The van der Waals surface area contributed by atoms with Crippen LogP contribution >= 0.6 is 0 Å². The van der Waals surface area contributed by atoms with Crippen LogP contribution in [0.15, 0.2) is 24.3 Å². The van der Waals surface area contributed by atoms with Crippen LogP contribution in [-0.2, 0) is 23.7 Å². The minimum absolute atomic E-state index is 0.240. The molecule has 0 bridgehead atoms. The zero-order chi connectivity index (χ0) is 67.3. The average Bonchev–Trinajstić information content (AvgIpc) is 0.852. The lowest BCUT2D eigenvalue weighted by Gasteiger charge is -2.46. The first-order valence-electron chi connectivity index (χ1n) is 40.1. The predicted molar refractivity (Wildman–Crippen MR) is 383 cm³/mol. The van der Waals surface area contributed by atoms with E-state index in [-0.39, 0.29) is 18.9 Å². The van der Waals surface area contributed by atoms with Gasteiger partial charge in [0.2, 0.25) is 5.91 Å². The highest BCUT2D eigenvalue weighted by atomic mass is 16.7. The van der Waals surface area contributed by atoms with Crippen molar-refractivity contribution in [2.75, 3.05) is 19.8 Å². The van der Waals surface area contributed by atoms with E-state index in [2.05, 4.69) is 31.3 Å². The third-order valence-electron chi connectivity index (χ3n) is 19.9. The number of nitrogens with one attached hydrogen (secondary N) is 1. The molecule has 2 saturated heterocycles. The van der Waals surface area contributed by atoms with Gasteiger partial charge in [-0.15, -0.1) is 0 Å². The summed E-state index contributed by atoms with van der Waals surface area (Å²) in [6.07, 6.45) is 65.6. The van der Waals surface area contributed by atoms with Gasteiger partial charge in [-0.25, -0.2) is 0 Å². The van der Waals surface area contributed by atoms with E-state index in [0.29, 0.717) is 12.8 Å². The van der Waals surface area contributed by atoms with Crippen LogP contribution < -0.4 is 5.32 Å². The van der Waals surface area contributed by atoms with E-state index >= 15 is 0 Å². The smallest absolute Gasteiger partial charge is 0.220 e. The van der Waals surface area contributed by atoms with Crippen molar-refractivity contribution in [3.8, 4) is 0 Å². The summed E-state index contributed by atoms with van der Waals surface area (Å²) in [4.78, 5) is 13.4. The van der Waals surface area contributed by atoms with Gasteiger partial charge in [0.25, 0.3) is 0 Å². The Hall–Kier alpha value is -1.53. The van der Waals surface area contributed by atoms with Gasteiger partial charge < -0.3 is 65.1 Å². The minimum Gasteiger partial charge on any atom is -0.394 e. The molecule has 0 aliphatic carbocycles. The van der Waals surface area contributed by atoms with Crippen molar-refractivity contribution in [1.29, 1.82) is 0 Å². The van der Waals surface area contributed by atoms with Crippen LogP contribution in [0.3, 0.4) is 0 Å². The van der Waals surface area contributed by atoms with Crippen molar-refractivity contribution < 1.29 is 64.6 Å². The van der Waals surface area contributed by atoms with E-state index in [0.717, 1.165) is 32.1 Å². The largest absolute Gasteiger partial charge is 0.394 e. The molecule has 1 amide bonds. The fourth-order valence-corrected chi connectivity index (χ4v) is 13.6. The van der Waals surface area contributed by atoms with E-state index in [1.165, 1.54) is 315 Å². The number of aliphatic hydroxyl groups excluding tert-OH is 8. The topological polar surface area (TPSA) is 228 Å². The second kappa shape index (κ2) is 63.9. The number of carbonyl (C=O) groups excluding carboxylic acids is 1. The summed E-state index contributed by atoms with van der Waals surface area (Å²) < 4.78 is 22.9. The van der Waals surface area contributed by atoms with Crippen LogP contribution in [0, 0.1) is 0 Å². The van der Waals surface area contributed by atoms with Gasteiger partial charge in [0.1, 0.15) is 48.8 Å². The lowest BCUT2D eigenvalue weighted by Crippen LogP contribution is -2.65. The molecule has 0 aromatic heterocycles. The van der Waals surface area contributed by atoms with E-state index in [1.807, 2.05) is 6.08 Å². The Kier molecular flexibility index (Phi) is 60.1. The molecule has 550 valence electrons. The third-order valence-corrected chi connectivity index (χ3v) is 19.9. The number of carbonyl (C=O) groups is 1. The number of hydrogen-bond donors (Lipinski definition) is 9. The number of amides is 1. The van der Waals surface area contributed by atoms with Gasteiger partial charge in [0, 0.05) is 6.42 Å². The van der Waals surface area contributed by atoms with Crippen LogP contribution in [0.5, 0.6) is 0 Å². The Morgan fingerprint density at radius 3 is 1.05 bits per heavy atom. The Balaban J connectivity index is 1.62. The normalized spacial score (nSPS) is 22.6. The number of rotatable bonds is 68. The van der Waals surface area contributed by atoms with Crippen LogP contribution in [0.25, 0.3) is 0 Å². The predicted octanol–water partition coefficient (Wildman–Crippen LogP) is 17.9. The molecule has 0 spiro atoms. The van der Waals surface area contributed by atoms with Crippen molar-refractivity contribution in [3.63, 3.8) is 0 Å². The van der Waals surface area contributed by atoms with E-state index < -0.39 is 86.8 Å². The van der Waals surface area contributed by atoms with Gasteiger partial charge in [0.05, 0.1) is 32.0 Å². The summed E-state index contributed by atoms with van der Waals surface area (Å²) in [6.45, 7) is 2.86. The molecule has 0 aromatic rings. The molecular formula is C79H151NO13. The van der Waals surface area contributed by atoms with Gasteiger partial charge in [-0.1, -0.05) is 366 Å². The summed E-state index contributed by atoms with van der Waals surface area (Å²) in [5.41, 5.74) is 0. The van der Waals surface area contributed by atoms with E-state index in [4.69, 9.17) is 18.9 Å². The Morgan fingerprint density at radius 2 is 0.688 bits per heavy atom. The highest BCUT2D eigenvalue weighted by Crippen LogP contribution is 2.30. The molecule has 0 aromatic carbocycles. The fraction of sp³-hybridized carbons (Fsp3) is 0.937. The number of hydrogen-bond acceptors (Lipinski definition) is 13. The molecule has 2 rings (SSSR count). The molecule has 12 atom stereocenters. The standard InChI is InChI=1S/C79H151NO13/c1-3-5-7-9-11-13-15-17-19-21-23-25-27-29-31-32-33-34-35-37-39-41-43-45-47-49-51-53-55-57-59-61-63-71(84)80-67(66-90-78-76(89)74(87)77(70(65-82)92-78)93-79-75(88)73(86)72(85)69(64-81)91-79)68(83)62-60-58-56-54-52-50-48-46-44-42-40-38-36-30-28-26-24-22-20-18-16-14-12-10-8-6-4-2/h52,54,60,62,67-70,72-79,81-83,85-89H,3-51,53,55-59,61,63-66H2,1-2H3,(H,80,84)/b54-52+,62-60+. The molecule has 2 aliphatic rings. The van der Waals surface area contributed by atoms with Crippen LogP contribution in [0.2, 0.25) is 0 Å². The lowest BCUT2D eigenvalue weighted by atomic mass is 9.97. The molecular weight excluding hydrogens is 1170 g/mol. The van der Waals surface area contributed by atoms with Gasteiger partial charge in [-0.2, -0.15) is 0 Å². The van der Waals surface area contributed by atoms with Crippen molar-refractivity contribution in [3.05, 3.63) is 24.3 Å². The molecule has 2 heterocycles. The fourth-order valence-electron chi connectivity index (χ4n) is 13.6. The first-order valence-corrected chi connectivity index (χ1v) is 40.1. The van der Waals surface area contributed by atoms with Crippen molar-refractivity contribution >= 4 is 5.91 Å². The maximum atomic E-state index is 13.4. The second-order valence-corrected chi connectivity index (χ2v) is 28.5. The Morgan fingerprint density at radius 1 is 0.376 bits per heavy atom. The average molecular weight is 1320 g/mol. The highest BCUT2D eigenvalue weighted by Gasteiger charge is 2.51. The number of allylic oxidation sites excluding steroid dienone is 3. The highest BCUT2D eigenvalue weighted by molar-refractivity contribution is 5.76. The number of aliphatic hydroxyl groups is 8. The number of ether oxygens (including phenoxy) is 4. The molecule has 2 fully saturated rings. The van der Waals surface area contributed by atoms with Gasteiger partial charge in [-0.3, -0.25) is 4.79 Å². The quantitative estimate of drug-likeness (QED) is 0.0204. The van der Waals surface area contributed by atoms with Crippen LogP contribution in [-0.4, -0.2) is 140 Å². The summed E-state index contributed by atoms with van der Waals surface area (Å²) in [6, 6.07) is -0.930. The molecule has 12 unspecified atom stereocenters. The summed E-state index contributed by atoms with van der Waals surface area (Å²) >= 11 is 0. The molecule has 14 nitrogen and oxygen atoms in total. The molecule has 14 heteroatoms. The Bertz CT molecular complexity index is 1650. The van der Waals surface area contributed by atoms with Crippen molar-refractivity contribution in [2.45, 2.75) is 453 Å². The van der Waals surface area contributed by atoms with E-state index in [1.54, 1.807) is 6.08 Å². The number of unbranched alkanes of at least 4 members (excludes halogenated alkanes) is 53. The lowest BCUT2D eigenvalue weighted by molar-refractivity contribution is -0.359. The SMILES string of the molecule is CCCCCCCCCCCCCCCCCCCCCCC/C=C/CC/C=C/C(O)C(COC1OC(CO)C(OC2OC(CO)C(O)C(O)C2O)C(O)C1O)NC(=O)CCCCCCCCCCCCCCCCCCCCCCCCCCCCCCCCCC. The van der Waals surface area contributed by atoms with Crippen LogP contribution in [0.1, 0.15) is 380 Å². The maximum Gasteiger partial charge on any atom is 0.220 e. The molecule has 0 saturated carbocycles. The monoisotopic (exact) mass is 1320 g/mol. The summed E-state index contributed by atoms with van der Waals surface area (Å²) in [5, 5.41) is 87.6. The van der Waals surface area contributed by atoms with Crippen LogP contribution in [0.4, 0.5) is 0 Å². The zero-order valence-corrected chi connectivity index (χ0v) is 60.3. The Labute approximate surface area is 570 Å². The minimum atomic E-state index is -1.79. The summed E-state index contributed by atoms with van der Waals surface area (Å²) in [5.74, 6) is -0.240. The second-order valence-electron chi connectivity index (χ2n) is 28.5. The van der Waals surface area contributed by atoms with Gasteiger partial charge in [-0.05, 0) is 32.1 Å². The van der Waals surface area contributed by atoms with Crippen molar-refractivity contribution in [2.24, 2.45) is 0 Å². The van der Waals surface area contributed by atoms with Gasteiger partial charge >= 0.3 is 0 Å². The zero-order valence-electron chi connectivity index (χ0n) is 60.3. The summed E-state index contributed by atoms with van der Waals surface area (Å²) in [7, 11) is 0.